The molecule has 2 N–H and O–H groups in total. The average Bonchev–Trinajstić information content (AvgIpc) is 2.46. The van der Waals surface area contributed by atoms with Crippen molar-refractivity contribution in [1.82, 2.24) is 10.7 Å². The zero-order chi connectivity index (χ0) is 15.1. The Morgan fingerprint density at radius 1 is 1.40 bits per heavy atom. The van der Waals surface area contributed by atoms with Gasteiger partial charge in [0.1, 0.15) is 5.75 Å². The number of hydrogen-bond acceptors (Lipinski definition) is 6. The number of nitro groups is 1. The van der Waals surface area contributed by atoms with Gasteiger partial charge in [0.15, 0.2) is 5.11 Å². The van der Waals surface area contributed by atoms with Gasteiger partial charge >= 0.3 is 5.69 Å². The monoisotopic (exact) mass is 298 g/mol. The van der Waals surface area contributed by atoms with Crippen molar-refractivity contribution in [3.63, 3.8) is 0 Å². The summed E-state index contributed by atoms with van der Waals surface area (Å²) in [7, 11) is 4.44. The minimum Gasteiger partial charge on any atom is -0.496 e. The first-order valence-corrected chi connectivity index (χ1v) is 5.85. The van der Waals surface area contributed by atoms with E-state index in [1.807, 2.05) is 0 Å². The predicted octanol–water partition coefficient (Wildman–Crippen LogP) is 1.04. The second kappa shape index (κ2) is 7.24. The smallest absolute Gasteiger partial charge is 0.311 e. The number of nitro benzene ring substituents is 1. The Balaban J connectivity index is 3.14. The van der Waals surface area contributed by atoms with Crippen molar-refractivity contribution < 1.29 is 14.4 Å². The molecule has 0 radical (unpaired) electrons. The fourth-order valence-corrected chi connectivity index (χ4v) is 1.42. The molecular formula is C11H14N4O4S. The third-order valence-electron chi connectivity index (χ3n) is 2.32. The van der Waals surface area contributed by atoms with Crippen LogP contribution < -0.4 is 20.2 Å². The van der Waals surface area contributed by atoms with Gasteiger partial charge in [-0.1, -0.05) is 0 Å². The van der Waals surface area contributed by atoms with Crippen LogP contribution in [0.1, 0.15) is 5.56 Å². The molecule has 8 nitrogen and oxygen atoms in total. The average molecular weight is 298 g/mol. The molecule has 20 heavy (non-hydrogen) atoms. The molecule has 0 aliphatic rings. The molecule has 0 saturated carbocycles. The van der Waals surface area contributed by atoms with Crippen LogP contribution in [0.2, 0.25) is 0 Å². The summed E-state index contributed by atoms with van der Waals surface area (Å²) in [4.78, 5) is 10.4. The minimum atomic E-state index is -0.540. The van der Waals surface area contributed by atoms with Crippen LogP contribution in [-0.4, -0.2) is 37.5 Å². The number of methoxy groups -OCH3 is 2. The number of nitrogens with zero attached hydrogens (tertiary/aromatic N) is 2. The SMILES string of the molecule is CNC(=S)N/N=C/c1cc([N+](=O)[O-])c(OC)cc1OC. The highest BCUT2D eigenvalue weighted by Gasteiger charge is 2.18. The van der Waals surface area contributed by atoms with Crippen LogP contribution in [0, 0.1) is 10.1 Å². The summed E-state index contributed by atoms with van der Waals surface area (Å²) in [6.07, 6.45) is 1.37. The third kappa shape index (κ3) is 3.79. The molecule has 1 aromatic carbocycles. The molecule has 0 spiro atoms. The fraction of sp³-hybridized carbons (Fsp3) is 0.273. The summed E-state index contributed by atoms with van der Waals surface area (Å²) in [6, 6.07) is 2.74. The number of nitrogens with one attached hydrogen (secondary N) is 2. The lowest BCUT2D eigenvalue weighted by Crippen LogP contribution is -2.28. The van der Waals surface area contributed by atoms with Crippen molar-refractivity contribution in [3.05, 3.63) is 27.8 Å². The van der Waals surface area contributed by atoms with E-state index in [9.17, 15) is 10.1 Å². The lowest BCUT2D eigenvalue weighted by atomic mass is 10.1. The van der Waals surface area contributed by atoms with E-state index in [1.54, 1.807) is 7.05 Å². The number of rotatable bonds is 5. The lowest BCUT2D eigenvalue weighted by molar-refractivity contribution is -0.385. The largest absolute Gasteiger partial charge is 0.496 e. The molecule has 0 atom stereocenters. The highest BCUT2D eigenvalue weighted by Crippen LogP contribution is 2.33. The van der Waals surface area contributed by atoms with Crippen molar-refractivity contribution in [2.75, 3.05) is 21.3 Å². The molecule has 0 unspecified atom stereocenters. The van der Waals surface area contributed by atoms with Crippen LogP contribution in [0.5, 0.6) is 11.5 Å². The Labute approximate surface area is 120 Å². The standard InChI is InChI=1S/C11H14N4O4S/c1-12-11(20)14-13-6-7-4-8(15(16)17)10(19-3)5-9(7)18-2/h4-6H,1-3H3,(H2,12,14,20)/b13-6+. The van der Waals surface area contributed by atoms with Crippen LogP contribution in [0.4, 0.5) is 5.69 Å². The van der Waals surface area contributed by atoms with Crippen LogP contribution >= 0.6 is 12.2 Å². The Kier molecular flexibility index (Phi) is 5.66. The van der Waals surface area contributed by atoms with E-state index >= 15 is 0 Å². The van der Waals surface area contributed by atoms with Crippen molar-refractivity contribution in [2.45, 2.75) is 0 Å². The van der Waals surface area contributed by atoms with Gasteiger partial charge in [-0.2, -0.15) is 5.10 Å². The number of hydrazone groups is 1. The van der Waals surface area contributed by atoms with E-state index in [2.05, 4.69) is 15.8 Å². The Hall–Kier alpha value is -2.42. The van der Waals surface area contributed by atoms with Crippen molar-refractivity contribution in [2.24, 2.45) is 5.10 Å². The normalized spacial score (nSPS) is 10.2. The molecule has 1 rings (SSSR count). The first-order valence-electron chi connectivity index (χ1n) is 5.44. The third-order valence-corrected chi connectivity index (χ3v) is 2.62. The van der Waals surface area contributed by atoms with Crippen LogP contribution in [0.3, 0.4) is 0 Å². The maximum atomic E-state index is 11.0. The number of hydrogen-bond donors (Lipinski definition) is 2. The molecule has 0 bridgehead atoms. The van der Waals surface area contributed by atoms with Crippen LogP contribution in [-0.2, 0) is 0 Å². The van der Waals surface area contributed by atoms with Crippen LogP contribution in [0.15, 0.2) is 17.2 Å². The lowest BCUT2D eigenvalue weighted by Gasteiger charge is -2.08. The highest BCUT2D eigenvalue weighted by atomic mass is 32.1. The summed E-state index contributed by atoms with van der Waals surface area (Å²) in [5.41, 5.74) is 2.79. The first kappa shape index (κ1) is 15.6. The van der Waals surface area contributed by atoms with Gasteiger partial charge in [0, 0.05) is 24.7 Å². The van der Waals surface area contributed by atoms with Gasteiger partial charge in [-0.15, -0.1) is 0 Å². The maximum Gasteiger partial charge on any atom is 0.311 e. The topological polar surface area (TPSA) is 98.0 Å². The second-order valence-electron chi connectivity index (χ2n) is 3.47. The molecule has 1 aromatic rings. The Morgan fingerprint density at radius 3 is 2.55 bits per heavy atom. The van der Waals surface area contributed by atoms with Crippen molar-refractivity contribution in [3.8, 4) is 11.5 Å². The van der Waals surface area contributed by atoms with E-state index in [0.717, 1.165) is 0 Å². The molecule has 0 aromatic heterocycles. The molecule has 9 heteroatoms. The van der Waals surface area contributed by atoms with Gasteiger partial charge in [0.05, 0.1) is 25.4 Å². The van der Waals surface area contributed by atoms with Gasteiger partial charge in [0.25, 0.3) is 0 Å². The molecule has 0 heterocycles. The summed E-state index contributed by atoms with van der Waals surface area (Å²) < 4.78 is 10.1. The van der Waals surface area contributed by atoms with Gasteiger partial charge in [-0.3, -0.25) is 15.5 Å². The Morgan fingerprint density at radius 2 is 2.05 bits per heavy atom. The highest BCUT2D eigenvalue weighted by molar-refractivity contribution is 7.80. The molecule has 0 fully saturated rings. The molecular weight excluding hydrogens is 284 g/mol. The van der Waals surface area contributed by atoms with Gasteiger partial charge in [-0.25, -0.2) is 0 Å². The van der Waals surface area contributed by atoms with E-state index in [0.29, 0.717) is 16.4 Å². The molecule has 0 amide bonds. The second-order valence-corrected chi connectivity index (χ2v) is 3.88. The maximum absolute atomic E-state index is 11.0. The Bertz CT molecular complexity index is 547. The van der Waals surface area contributed by atoms with Gasteiger partial charge < -0.3 is 14.8 Å². The zero-order valence-electron chi connectivity index (χ0n) is 11.2. The zero-order valence-corrected chi connectivity index (χ0v) is 12.0. The van der Waals surface area contributed by atoms with E-state index in [-0.39, 0.29) is 11.4 Å². The quantitative estimate of drug-likeness (QED) is 0.363. The van der Waals surface area contributed by atoms with Crippen molar-refractivity contribution >= 4 is 29.2 Å². The molecule has 0 aliphatic carbocycles. The van der Waals surface area contributed by atoms with Crippen LogP contribution in [0.25, 0.3) is 0 Å². The minimum absolute atomic E-state index is 0.114. The first-order chi connectivity index (χ1) is 9.53. The predicted molar refractivity (Wildman–Crippen MR) is 78.6 cm³/mol. The molecule has 108 valence electrons. The fourth-order valence-electron chi connectivity index (χ4n) is 1.37. The van der Waals surface area contributed by atoms with Gasteiger partial charge in [0.2, 0.25) is 5.75 Å². The summed E-state index contributed by atoms with van der Waals surface area (Å²) >= 11 is 4.84. The van der Waals surface area contributed by atoms with E-state index in [1.165, 1.54) is 32.6 Å². The van der Waals surface area contributed by atoms with E-state index in [4.69, 9.17) is 21.7 Å². The van der Waals surface area contributed by atoms with Crippen molar-refractivity contribution in [1.29, 1.82) is 0 Å². The summed E-state index contributed by atoms with van der Waals surface area (Å²) in [5.74, 6) is 0.510. The molecule has 0 aliphatic heterocycles. The number of thiocarbonyl (C=S) groups is 1. The molecule has 0 saturated heterocycles. The van der Waals surface area contributed by atoms with E-state index < -0.39 is 4.92 Å². The number of ether oxygens (including phenoxy) is 2. The summed E-state index contributed by atoms with van der Waals surface area (Å²) in [5, 5.41) is 17.8. The summed E-state index contributed by atoms with van der Waals surface area (Å²) in [6.45, 7) is 0. The van der Waals surface area contributed by atoms with Gasteiger partial charge in [-0.05, 0) is 12.2 Å². The number of benzene rings is 1.